The third-order valence-electron chi connectivity index (χ3n) is 4.37. The molecule has 1 aromatic heterocycles. The van der Waals surface area contributed by atoms with Crippen molar-refractivity contribution in [1.29, 1.82) is 0 Å². The van der Waals surface area contributed by atoms with Crippen LogP contribution in [-0.2, 0) is 0 Å². The summed E-state index contributed by atoms with van der Waals surface area (Å²) in [7, 11) is 1.64. The van der Waals surface area contributed by atoms with Crippen molar-refractivity contribution in [1.82, 2.24) is 4.57 Å². The van der Waals surface area contributed by atoms with Gasteiger partial charge in [-0.3, -0.25) is 4.79 Å². The molecule has 25 heavy (non-hydrogen) atoms. The van der Waals surface area contributed by atoms with E-state index in [1.54, 1.807) is 14.0 Å². The van der Waals surface area contributed by atoms with Crippen LogP contribution in [0.3, 0.4) is 0 Å². The Hall–Kier alpha value is -2.33. The molecule has 0 spiro atoms. The molecule has 0 unspecified atom stereocenters. The average molecular weight is 398 g/mol. The number of aromatic nitrogens is 1. The summed E-state index contributed by atoms with van der Waals surface area (Å²) in [6.07, 6.45) is 2.03. The van der Waals surface area contributed by atoms with E-state index >= 15 is 0 Å². The molecule has 0 fully saturated rings. The molecule has 0 aliphatic heterocycles. The van der Waals surface area contributed by atoms with Crippen LogP contribution in [0.15, 0.2) is 53.1 Å². The van der Waals surface area contributed by atoms with E-state index < -0.39 is 0 Å². The molecule has 128 valence electrons. The van der Waals surface area contributed by atoms with E-state index in [1.807, 2.05) is 37.4 Å². The summed E-state index contributed by atoms with van der Waals surface area (Å²) >= 11 is 3.64. The summed E-state index contributed by atoms with van der Waals surface area (Å²) < 4.78 is 8.30. The van der Waals surface area contributed by atoms with Gasteiger partial charge in [0.15, 0.2) is 5.78 Å². The zero-order chi connectivity index (χ0) is 18.1. The standard InChI is InChI=1S/C21H20BrNO2/c1-13-5-10-20(19(22)11-13)23-12-18(21(14(23)2)15(3)24)16-6-8-17(25-4)9-7-16/h5-12H,1-4H3. The molecule has 3 rings (SSSR count). The lowest BCUT2D eigenvalue weighted by atomic mass is 10.0. The van der Waals surface area contributed by atoms with E-state index in [4.69, 9.17) is 4.74 Å². The molecule has 0 aliphatic rings. The monoisotopic (exact) mass is 397 g/mol. The third kappa shape index (κ3) is 3.27. The highest BCUT2D eigenvalue weighted by atomic mass is 79.9. The maximum absolute atomic E-state index is 12.3. The Balaban J connectivity index is 2.20. The number of Topliss-reactive ketones (excluding diaryl/α,β-unsaturated/α-hetero) is 1. The fraction of sp³-hybridized carbons (Fsp3) is 0.190. The minimum absolute atomic E-state index is 0.0605. The predicted octanol–water partition coefficient (Wildman–Crippen LogP) is 5.73. The molecular formula is C21H20BrNO2. The molecule has 0 saturated heterocycles. The Bertz CT molecular complexity index is 939. The molecule has 0 amide bonds. The zero-order valence-electron chi connectivity index (χ0n) is 14.8. The van der Waals surface area contributed by atoms with Gasteiger partial charge in [-0.05, 0) is 72.1 Å². The number of ether oxygens (including phenoxy) is 1. The minimum Gasteiger partial charge on any atom is -0.497 e. The first-order valence-corrected chi connectivity index (χ1v) is 8.85. The van der Waals surface area contributed by atoms with E-state index in [2.05, 4.69) is 45.6 Å². The summed E-state index contributed by atoms with van der Waals surface area (Å²) in [5.41, 5.74) is 5.81. The molecule has 0 bridgehead atoms. The summed E-state index contributed by atoms with van der Waals surface area (Å²) in [5, 5.41) is 0. The number of ketones is 1. The molecule has 0 saturated carbocycles. The first-order chi connectivity index (χ1) is 11.9. The molecule has 1 heterocycles. The number of nitrogens with zero attached hydrogens (tertiary/aromatic N) is 1. The lowest BCUT2D eigenvalue weighted by Gasteiger charge is -2.10. The molecule has 0 atom stereocenters. The topological polar surface area (TPSA) is 31.2 Å². The van der Waals surface area contributed by atoms with Gasteiger partial charge in [-0.2, -0.15) is 0 Å². The zero-order valence-corrected chi connectivity index (χ0v) is 16.3. The van der Waals surface area contributed by atoms with Gasteiger partial charge in [-0.25, -0.2) is 0 Å². The van der Waals surface area contributed by atoms with Gasteiger partial charge in [0.05, 0.1) is 12.8 Å². The van der Waals surface area contributed by atoms with Crippen molar-refractivity contribution < 1.29 is 9.53 Å². The minimum atomic E-state index is 0.0605. The van der Waals surface area contributed by atoms with Crippen LogP contribution >= 0.6 is 15.9 Å². The summed E-state index contributed by atoms with van der Waals surface area (Å²) in [5.74, 6) is 0.857. The van der Waals surface area contributed by atoms with Gasteiger partial charge in [0.1, 0.15) is 5.75 Å². The van der Waals surface area contributed by atoms with Gasteiger partial charge in [0, 0.05) is 27.5 Å². The molecule has 3 nitrogen and oxygen atoms in total. The highest BCUT2D eigenvalue weighted by Gasteiger charge is 2.19. The number of benzene rings is 2. The van der Waals surface area contributed by atoms with Crippen LogP contribution in [0, 0.1) is 13.8 Å². The number of carbonyl (C=O) groups is 1. The molecule has 0 N–H and O–H groups in total. The molecule has 0 aliphatic carbocycles. The van der Waals surface area contributed by atoms with E-state index in [0.29, 0.717) is 0 Å². The van der Waals surface area contributed by atoms with Gasteiger partial charge in [-0.15, -0.1) is 0 Å². The van der Waals surface area contributed by atoms with Crippen molar-refractivity contribution in [3.8, 4) is 22.6 Å². The van der Waals surface area contributed by atoms with Gasteiger partial charge in [-0.1, -0.05) is 18.2 Å². The number of aryl methyl sites for hydroxylation is 1. The van der Waals surface area contributed by atoms with Crippen molar-refractivity contribution >= 4 is 21.7 Å². The third-order valence-corrected chi connectivity index (χ3v) is 5.00. The Morgan fingerprint density at radius 3 is 2.32 bits per heavy atom. The van der Waals surface area contributed by atoms with Gasteiger partial charge in [0.2, 0.25) is 0 Å². The van der Waals surface area contributed by atoms with Gasteiger partial charge in [0.25, 0.3) is 0 Å². The lowest BCUT2D eigenvalue weighted by molar-refractivity contribution is 0.101. The van der Waals surface area contributed by atoms with E-state index in [9.17, 15) is 4.79 Å². The summed E-state index contributed by atoms with van der Waals surface area (Å²) in [6.45, 7) is 5.65. The first kappa shape index (κ1) is 17.5. The number of hydrogen-bond acceptors (Lipinski definition) is 2. The second kappa shape index (κ2) is 6.89. The van der Waals surface area contributed by atoms with Crippen LogP contribution in [-0.4, -0.2) is 17.5 Å². The second-order valence-corrected chi connectivity index (χ2v) is 6.97. The first-order valence-electron chi connectivity index (χ1n) is 8.06. The maximum atomic E-state index is 12.3. The molecule has 0 radical (unpaired) electrons. The number of rotatable bonds is 4. The second-order valence-electron chi connectivity index (χ2n) is 6.11. The highest BCUT2D eigenvalue weighted by molar-refractivity contribution is 9.10. The van der Waals surface area contributed by atoms with Crippen LogP contribution < -0.4 is 4.74 Å². The molecule has 4 heteroatoms. The van der Waals surface area contributed by atoms with Crippen molar-refractivity contribution in [2.24, 2.45) is 0 Å². The van der Waals surface area contributed by atoms with E-state index in [0.717, 1.165) is 38.3 Å². The largest absolute Gasteiger partial charge is 0.497 e. The molecule has 3 aromatic rings. The van der Waals surface area contributed by atoms with Crippen molar-refractivity contribution in [3.05, 3.63) is 70.0 Å². The SMILES string of the molecule is COc1ccc(-c2cn(-c3ccc(C)cc3Br)c(C)c2C(C)=O)cc1. The van der Waals surface area contributed by atoms with E-state index in [1.165, 1.54) is 5.56 Å². The average Bonchev–Trinajstić information content (AvgIpc) is 2.92. The number of carbonyl (C=O) groups excluding carboxylic acids is 1. The van der Waals surface area contributed by atoms with Crippen LogP contribution in [0.2, 0.25) is 0 Å². The van der Waals surface area contributed by atoms with Crippen molar-refractivity contribution in [3.63, 3.8) is 0 Å². The van der Waals surface area contributed by atoms with Gasteiger partial charge < -0.3 is 9.30 Å². The Morgan fingerprint density at radius 1 is 1.08 bits per heavy atom. The Labute approximate surface area is 156 Å². The van der Waals surface area contributed by atoms with Crippen molar-refractivity contribution in [2.45, 2.75) is 20.8 Å². The lowest BCUT2D eigenvalue weighted by Crippen LogP contribution is -2.00. The Kier molecular flexibility index (Phi) is 4.82. The van der Waals surface area contributed by atoms with Crippen LogP contribution in [0.5, 0.6) is 5.75 Å². The van der Waals surface area contributed by atoms with Crippen LogP contribution in [0.1, 0.15) is 28.5 Å². The maximum Gasteiger partial charge on any atom is 0.162 e. The van der Waals surface area contributed by atoms with Gasteiger partial charge >= 0.3 is 0 Å². The smallest absolute Gasteiger partial charge is 0.162 e. The number of halogens is 1. The van der Waals surface area contributed by atoms with E-state index in [-0.39, 0.29) is 5.78 Å². The number of hydrogen-bond donors (Lipinski definition) is 0. The van der Waals surface area contributed by atoms with Crippen LogP contribution in [0.4, 0.5) is 0 Å². The Morgan fingerprint density at radius 2 is 1.76 bits per heavy atom. The fourth-order valence-electron chi connectivity index (χ4n) is 3.10. The summed E-state index contributed by atoms with van der Waals surface area (Å²) in [6, 6.07) is 14.0. The normalized spacial score (nSPS) is 10.8. The molecular weight excluding hydrogens is 378 g/mol. The fourth-order valence-corrected chi connectivity index (χ4v) is 3.78. The highest BCUT2D eigenvalue weighted by Crippen LogP contribution is 2.33. The predicted molar refractivity (Wildman–Crippen MR) is 105 cm³/mol. The van der Waals surface area contributed by atoms with Crippen molar-refractivity contribution in [2.75, 3.05) is 7.11 Å². The quantitative estimate of drug-likeness (QED) is 0.525. The number of methoxy groups -OCH3 is 1. The molecule has 2 aromatic carbocycles. The summed E-state index contributed by atoms with van der Waals surface area (Å²) in [4.78, 5) is 12.3. The van der Waals surface area contributed by atoms with Crippen LogP contribution in [0.25, 0.3) is 16.8 Å².